The molecule has 0 bridgehead atoms. The fourth-order valence-corrected chi connectivity index (χ4v) is 3.20. The lowest BCUT2D eigenvalue weighted by Crippen LogP contribution is -2.18. The van der Waals surface area contributed by atoms with Gasteiger partial charge in [0.1, 0.15) is 5.75 Å². The van der Waals surface area contributed by atoms with Gasteiger partial charge in [0.15, 0.2) is 0 Å². The van der Waals surface area contributed by atoms with Gasteiger partial charge in [0, 0.05) is 9.50 Å². The van der Waals surface area contributed by atoms with E-state index in [9.17, 15) is 0 Å². The molecule has 0 aliphatic carbocycles. The molecule has 2 nitrogen and oxygen atoms in total. The lowest BCUT2D eigenvalue weighted by Gasteiger charge is -2.20. The highest BCUT2D eigenvalue weighted by molar-refractivity contribution is 9.10. The quantitative estimate of drug-likeness (QED) is 0.806. The molecule has 20 heavy (non-hydrogen) atoms. The number of rotatable bonds is 4. The lowest BCUT2D eigenvalue weighted by atomic mass is 9.98. The van der Waals surface area contributed by atoms with E-state index in [1.165, 1.54) is 0 Å². The van der Waals surface area contributed by atoms with Gasteiger partial charge in [-0.1, -0.05) is 51.3 Å². The Morgan fingerprint density at radius 3 is 2.50 bits per heavy atom. The van der Waals surface area contributed by atoms with Crippen molar-refractivity contribution in [2.24, 2.45) is 0 Å². The second kappa shape index (κ2) is 6.81. The lowest BCUT2D eigenvalue weighted by molar-refractivity contribution is 0.414. The summed E-state index contributed by atoms with van der Waals surface area (Å²) in [4.78, 5) is 0. The molecule has 2 aromatic carbocycles. The Morgan fingerprint density at radius 2 is 1.90 bits per heavy atom. The van der Waals surface area contributed by atoms with Crippen LogP contribution in [0.3, 0.4) is 0 Å². The zero-order valence-electron chi connectivity index (χ0n) is 11.1. The molecule has 1 N–H and O–H groups in total. The van der Waals surface area contributed by atoms with Crippen LogP contribution in [0.15, 0.2) is 40.9 Å². The van der Waals surface area contributed by atoms with Gasteiger partial charge < -0.3 is 10.1 Å². The Hall–Kier alpha value is -0.740. The first-order chi connectivity index (χ1) is 9.56. The van der Waals surface area contributed by atoms with Gasteiger partial charge in [0.2, 0.25) is 0 Å². The molecule has 0 fully saturated rings. The third-order valence-electron chi connectivity index (χ3n) is 3.07. The van der Waals surface area contributed by atoms with Crippen molar-refractivity contribution in [2.45, 2.75) is 6.04 Å². The normalized spacial score (nSPS) is 12.2. The SMILES string of the molecule is CNC(c1ccc(Cl)c(OC)c1)c1ccc(Cl)cc1Br. The molecule has 2 aromatic rings. The van der Waals surface area contributed by atoms with E-state index in [0.717, 1.165) is 15.6 Å². The number of hydrogen-bond acceptors (Lipinski definition) is 2. The highest BCUT2D eigenvalue weighted by Crippen LogP contribution is 2.34. The summed E-state index contributed by atoms with van der Waals surface area (Å²) in [6, 6.07) is 11.5. The predicted molar refractivity (Wildman–Crippen MR) is 88.1 cm³/mol. The molecule has 0 aromatic heterocycles. The number of methoxy groups -OCH3 is 1. The fourth-order valence-electron chi connectivity index (χ4n) is 2.09. The highest BCUT2D eigenvalue weighted by Gasteiger charge is 2.16. The summed E-state index contributed by atoms with van der Waals surface area (Å²) < 4.78 is 6.23. The minimum absolute atomic E-state index is 0.0211. The minimum atomic E-state index is 0.0211. The molecule has 1 atom stereocenters. The van der Waals surface area contributed by atoms with Gasteiger partial charge in [-0.05, 0) is 42.4 Å². The zero-order valence-corrected chi connectivity index (χ0v) is 14.2. The average molecular weight is 375 g/mol. The van der Waals surface area contributed by atoms with Crippen molar-refractivity contribution in [2.75, 3.05) is 14.2 Å². The summed E-state index contributed by atoms with van der Waals surface area (Å²) in [5.74, 6) is 0.662. The third kappa shape index (κ3) is 3.29. The van der Waals surface area contributed by atoms with Crippen LogP contribution in [0.2, 0.25) is 10.0 Å². The van der Waals surface area contributed by atoms with E-state index in [-0.39, 0.29) is 6.04 Å². The summed E-state index contributed by atoms with van der Waals surface area (Å²) in [7, 11) is 3.52. The van der Waals surface area contributed by atoms with Gasteiger partial charge in [0.25, 0.3) is 0 Å². The fraction of sp³-hybridized carbons (Fsp3) is 0.200. The number of hydrogen-bond donors (Lipinski definition) is 1. The predicted octanol–water partition coefficient (Wildman–Crippen LogP) is 5.07. The van der Waals surface area contributed by atoms with Crippen LogP contribution in [-0.4, -0.2) is 14.2 Å². The highest BCUT2D eigenvalue weighted by atomic mass is 79.9. The molecule has 0 saturated carbocycles. The van der Waals surface area contributed by atoms with E-state index in [1.807, 2.05) is 43.4 Å². The van der Waals surface area contributed by atoms with Crippen molar-refractivity contribution >= 4 is 39.1 Å². The van der Waals surface area contributed by atoms with Crippen LogP contribution in [0.5, 0.6) is 5.75 Å². The van der Waals surface area contributed by atoms with E-state index in [2.05, 4.69) is 21.2 Å². The van der Waals surface area contributed by atoms with Gasteiger partial charge in [0.05, 0.1) is 18.2 Å². The maximum atomic E-state index is 6.07. The first-order valence-corrected chi connectivity index (χ1v) is 7.57. The van der Waals surface area contributed by atoms with Crippen LogP contribution in [0.25, 0.3) is 0 Å². The number of ether oxygens (including phenoxy) is 1. The maximum absolute atomic E-state index is 6.07. The molecule has 0 heterocycles. The van der Waals surface area contributed by atoms with Crippen LogP contribution in [0.1, 0.15) is 17.2 Å². The Kier molecular flexibility index (Phi) is 5.33. The van der Waals surface area contributed by atoms with Gasteiger partial charge >= 0.3 is 0 Å². The van der Waals surface area contributed by atoms with Crippen molar-refractivity contribution in [3.05, 3.63) is 62.0 Å². The third-order valence-corrected chi connectivity index (χ3v) is 4.30. The number of halogens is 3. The van der Waals surface area contributed by atoms with E-state index < -0.39 is 0 Å². The summed E-state index contributed by atoms with van der Waals surface area (Å²) in [6.07, 6.45) is 0. The van der Waals surface area contributed by atoms with Gasteiger partial charge in [-0.2, -0.15) is 0 Å². The Balaban J connectivity index is 2.46. The van der Waals surface area contributed by atoms with Crippen LogP contribution in [0.4, 0.5) is 0 Å². The molecule has 2 rings (SSSR count). The molecular weight excluding hydrogens is 361 g/mol. The van der Waals surface area contributed by atoms with E-state index >= 15 is 0 Å². The molecule has 0 aliphatic heterocycles. The second-order valence-electron chi connectivity index (χ2n) is 4.28. The maximum Gasteiger partial charge on any atom is 0.137 e. The summed E-state index contributed by atoms with van der Waals surface area (Å²) in [5, 5.41) is 4.59. The monoisotopic (exact) mass is 373 g/mol. The Morgan fingerprint density at radius 1 is 1.15 bits per heavy atom. The minimum Gasteiger partial charge on any atom is -0.495 e. The van der Waals surface area contributed by atoms with Gasteiger partial charge in [-0.25, -0.2) is 0 Å². The molecule has 0 amide bonds. The Labute approximate surface area is 137 Å². The molecule has 5 heteroatoms. The first kappa shape index (κ1) is 15.6. The number of nitrogens with one attached hydrogen (secondary N) is 1. The molecule has 1 unspecified atom stereocenters. The molecule has 0 saturated heterocycles. The number of benzene rings is 2. The first-order valence-electron chi connectivity index (χ1n) is 6.02. The van der Waals surface area contributed by atoms with Crippen LogP contribution >= 0.6 is 39.1 Å². The summed E-state index contributed by atoms with van der Waals surface area (Å²) in [5.41, 5.74) is 2.16. The summed E-state index contributed by atoms with van der Waals surface area (Å²) >= 11 is 15.6. The van der Waals surface area contributed by atoms with Crippen molar-refractivity contribution in [3.63, 3.8) is 0 Å². The van der Waals surface area contributed by atoms with Crippen molar-refractivity contribution in [1.82, 2.24) is 5.32 Å². The van der Waals surface area contributed by atoms with Crippen molar-refractivity contribution in [1.29, 1.82) is 0 Å². The smallest absolute Gasteiger partial charge is 0.137 e. The van der Waals surface area contributed by atoms with E-state index in [0.29, 0.717) is 15.8 Å². The zero-order chi connectivity index (χ0) is 14.7. The molecular formula is C15H14BrCl2NO. The summed E-state index contributed by atoms with van der Waals surface area (Å²) in [6.45, 7) is 0. The van der Waals surface area contributed by atoms with Gasteiger partial charge in [-0.3, -0.25) is 0 Å². The topological polar surface area (TPSA) is 21.3 Å². The molecule has 106 valence electrons. The molecule has 0 aliphatic rings. The Bertz CT molecular complexity index is 619. The van der Waals surface area contributed by atoms with Crippen LogP contribution < -0.4 is 10.1 Å². The largest absolute Gasteiger partial charge is 0.495 e. The standard InChI is InChI=1S/C15H14BrCl2NO/c1-19-15(11-5-4-10(17)8-12(11)16)9-3-6-13(18)14(7-9)20-2/h3-8,15,19H,1-2H3. The van der Waals surface area contributed by atoms with Crippen LogP contribution in [0, 0.1) is 0 Å². The van der Waals surface area contributed by atoms with Crippen molar-refractivity contribution in [3.8, 4) is 5.75 Å². The van der Waals surface area contributed by atoms with E-state index in [4.69, 9.17) is 27.9 Å². The molecule has 0 radical (unpaired) electrons. The van der Waals surface area contributed by atoms with Gasteiger partial charge in [-0.15, -0.1) is 0 Å². The second-order valence-corrected chi connectivity index (χ2v) is 5.98. The van der Waals surface area contributed by atoms with Crippen molar-refractivity contribution < 1.29 is 4.74 Å². The molecule has 0 spiro atoms. The average Bonchev–Trinajstić information content (AvgIpc) is 2.43. The van der Waals surface area contributed by atoms with E-state index in [1.54, 1.807) is 7.11 Å². The van der Waals surface area contributed by atoms with Crippen LogP contribution in [-0.2, 0) is 0 Å².